The number of hydrogen-bond donors (Lipinski definition) is 1. The Hall–Kier alpha value is -1.87. The molecule has 98 valence electrons. The summed E-state index contributed by atoms with van der Waals surface area (Å²) in [6.45, 7) is 3.83. The number of aryl methyl sites for hydroxylation is 2. The lowest BCUT2D eigenvalue weighted by atomic mass is 9.97. The molecule has 2 aromatic rings. The van der Waals surface area contributed by atoms with Gasteiger partial charge in [-0.3, -0.25) is 9.78 Å². The van der Waals surface area contributed by atoms with Crippen LogP contribution < -0.4 is 5.73 Å². The first-order valence-electron chi connectivity index (χ1n) is 6.09. The van der Waals surface area contributed by atoms with Crippen molar-refractivity contribution in [1.82, 2.24) is 4.98 Å². The van der Waals surface area contributed by atoms with Crippen molar-refractivity contribution >= 4 is 17.5 Å². The third-order valence-electron chi connectivity index (χ3n) is 3.02. The molecule has 1 heterocycles. The summed E-state index contributed by atoms with van der Waals surface area (Å²) < 4.78 is 0. The molecular weight excluding hydrogens is 260 g/mol. The number of hydrogen-bond acceptors (Lipinski definition) is 2. The summed E-state index contributed by atoms with van der Waals surface area (Å²) in [6.07, 6.45) is 0.806. The fraction of sp³-hybridized carbons (Fsp3) is 0.200. The Balaban J connectivity index is 2.68. The number of primary amides is 1. The molecule has 1 amide bonds. The van der Waals surface area contributed by atoms with Crippen LogP contribution in [-0.4, -0.2) is 10.9 Å². The highest BCUT2D eigenvalue weighted by atomic mass is 35.5. The van der Waals surface area contributed by atoms with Gasteiger partial charge in [0, 0.05) is 10.7 Å². The van der Waals surface area contributed by atoms with Crippen LogP contribution in [0.15, 0.2) is 30.3 Å². The second-order valence-electron chi connectivity index (χ2n) is 4.35. The molecule has 0 atom stereocenters. The van der Waals surface area contributed by atoms with E-state index in [1.54, 1.807) is 19.1 Å². The van der Waals surface area contributed by atoms with E-state index >= 15 is 0 Å². The molecule has 19 heavy (non-hydrogen) atoms. The van der Waals surface area contributed by atoms with Crippen LogP contribution in [0, 0.1) is 6.92 Å². The molecule has 0 saturated heterocycles. The van der Waals surface area contributed by atoms with Gasteiger partial charge in [-0.1, -0.05) is 30.7 Å². The molecule has 0 radical (unpaired) electrons. The highest BCUT2D eigenvalue weighted by molar-refractivity contribution is 6.30. The van der Waals surface area contributed by atoms with E-state index in [-0.39, 0.29) is 0 Å². The Morgan fingerprint density at radius 3 is 2.47 bits per heavy atom. The molecule has 2 N–H and O–H groups in total. The molecule has 0 aliphatic rings. The summed E-state index contributed by atoms with van der Waals surface area (Å²) >= 11 is 5.89. The molecule has 0 spiro atoms. The predicted molar refractivity (Wildman–Crippen MR) is 77.3 cm³/mol. The first-order valence-corrected chi connectivity index (χ1v) is 6.47. The van der Waals surface area contributed by atoms with Gasteiger partial charge in [-0.05, 0) is 42.7 Å². The van der Waals surface area contributed by atoms with E-state index in [4.69, 9.17) is 17.3 Å². The Morgan fingerprint density at radius 1 is 1.32 bits per heavy atom. The lowest BCUT2D eigenvalue weighted by Crippen LogP contribution is -2.16. The number of benzene rings is 1. The number of nitrogens with zero attached hydrogens (tertiary/aromatic N) is 1. The van der Waals surface area contributed by atoms with E-state index in [1.165, 1.54) is 0 Å². The van der Waals surface area contributed by atoms with Crippen molar-refractivity contribution in [2.75, 3.05) is 0 Å². The fourth-order valence-corrected chi connectivity index (χ4v) is 2.21. The van der Waals surface area contributed by atoms with Gasteiger partial charge in [-0.15, -0.1) is 0 Å². The van der Waals surface area contributed by atoms with E-state index in [2.05, 4.69) is 4.98 Å². The highest BCUT2D eigenvalue weighted by Gasteiger charge is 2.15. The van der Waals surface area contributed by atoms with Gasteiger partial charge in [0.15, 0.2) is 0 Å². The molecule has 4 heteroatoms. The lowest BCUT2D eigenvalue weighted by molar-refractivity contribution is 0.1000. The van der Waals surface area contributed by atoms with Crippen LogP contribution in [0.4, 0.5) is 0 Å². The minimum Gasteiger partial charge on any atom is -0.366 e. The van der Waals surface area contributed by atoms with E-state index in [0.29, 0.717) is 16.3 Å². The van der Waals surface area contributed by atoms with Crippen LogP contribution >= 0.6 is 11.6 Å². The standard InChI is InChI=1S/C15H15ClN2O/c1-3-12-8-13(10-4-6-11(16)7-5-10)14(15(17)19)9(2)18-12/h4-8H,3H2,1-2H3,(H2,17,19). The third kappa shape index (κ3) is 2.76. The molecule has 0 unspecified atom stereocenters. The second-order valence-corrected chi connectivity index (χ2v) is 4.78. The largest absolute Gasteiger partial charge is 0.366 e. The van der Waals surface area contributed by atoms with Gasteiger partial charge in [-0.25, -0.2) is 0 Å². The van der Waals surface area contributed by atoms with Crippen molar-refractivity contribution < 1.29 is 4.79 Å². The van der Waals surface area contributed by atoms with Crippen molar-refractivity contribution in [3.05, 3.63) is 52.3 Å². The number of aromatic nitrogens is 1. The molecule has 0 bridgehead atoms. The van der Waals surface area contributed by atoms with Crippen LogP contribution in [0.2, 0.25) is 5.02 Å². The van der Waals surface area contributed by atoms with E-state index in [1.807, 2.05) is 25.1 Å². The molecule has 1 aromatic heterocycles. The monoisotopic (exact) mass is 274 g/mol. The fourth-order valence-electron chi connectivity index (χ4n) is 2.09. The summed E-state index contributed by atoms with van der Waals surface area (Å²) in [5.41, 5.74) is 9.27. The van der Waals surface area contributed by atoms with E-state index < -0.39 is 5.91 Å². The molecule has 1 aromatic carbocycles. The van der Waals surface area contributed by atoms with Crippen molar-refractivity contribution in [2.24, 2.45) is 5.73 Å². The zero-order valence-corrected chi connectivity index (χ0v) is 11.7. The maximum atomic E-state index is 11.6. The Bertz CT molecular complexity index is 621. The summed E-state index contributed by atoms with van der Waals surface area (Å²) in [6, 6.07) is 9.26. The van der Waals surface area contributed by atoms with Crippen LogP contribution in [0.3, 0.4) is 0 Å². The SMILES string of the molecule is CCc1cc(-c2ccc(Cl)cc2)c(C(N)=O)c(C)n1. The zero-order valence-electron chi connectivity index (χ0n) is 10.9. The van der Waals surface area contributed by atoms with Crippen LogP contribution in [0.1, 0.15) is 28.7 Å². The Kier molecular flexibility index (Phi) is 3.86. The molecule has 0 aliphatic carbocycles. The van der Waals surface area contributed by atoms with Crippen molar-refractivity contribution in [1.29, 1.82) is 0 Å². The maximum Gasteiger partial charge on any atom is 0.251 e. The van der Waals surface area contributed by atoms with Gasteiger partial charge >= 0.3 is 0 Å². The number of pyridine rings is 1. The third-order valence-corrected chi connectivity index (χ3v) is 3.27. The van der Waals surface area contributed by atoms with Crippen LogP contribution in [0.25, 0.3) is 11.1 Å². The molecular formula is C15H15ClN2O. The highest BCUT2D eigenvalue weighted by Crippen LogP contribution is 2.27. The normalized spacial score (nSPS) is 10.5. The van der Waals surface area contributed by atoms with Crippen LogP contribution in [-0.2, 0) is 6.42 Å². The van der Waals surface area contributed by atoms with Gasteiger partial charge in [0.1, 0.15) is 0 Å². The number of carbonyl (C=O) groups is 1. The van der Waals surface area contributed by atoms with Crippen molar-refractivity contribution in [3.63, 3.8) is 0 Å². The van der Waals surface area contributed by atoms with Crippen molar-refractivity contribution in [3.8, 4) is 11.1 Å². The van der Waals surface area contributed by atoms with Crippen molar-refractivity contribution in [2.45, 2.75) is 20.3 Å². The lowest BCUT2D eigenvalue weighted by Gasteiger charge is -2.12. The minimum absolute atomic E-state index is 0.461. The molecule has 0 fully saturated rings. The number of nitrogens with two attached hydrogens (primary N) is 1. The average molecular weight is 275 g/mol. The average Bonchev–Trinajstić information content (AvgIpc) is 2.38. The first kappa shape index (κ1) is 13.6. The number of carbonyl (C=O) groups excluding carboxylic acids is 1. The topological polar surface area (TPSA) is 56.0 Å². The number of amides is 1. The quantitative estimate of drug-likeness (QED) is 0.933. The maximum absolute atomic E-state index is 11.6. The summed E-state index contributed by atoms with van der Waals surface area (Å²) in [4.78, 5) is 16.0. The van der Waals surface area contributed by atoms with Gasteiger partial charge < -0.3 is 5.73 Å². The van der Waals surface area contributed by atoms with E-state index in [0.717, 1.165) is 23.2 Å². The Labute approximate surface area is 117 Å². The molecule has 2 rings (SSSR count). The van der Waals surface area contributed by atoms with Crippen LogP contribution in [0.5, 0.6) is 0 Å². The minimum atomic E-state index is -0.461. The van der Waals surface area contributed by atoms with Gasteiger partial charge in [0.2, 0.25) is 0 Å². The molecule has 0 aliphatic heterocycles. The van der Waals surface area contributed by atoms with Gasteiger partial charge in [-0.2, -0.15) is 0 Å². The van der Waals surface area contributed by atoms with E-state index in [9.17, 15) is 4.79 Å². The molecule has 0 saturated carbocycles. The zero-order chi connectivity index (χ0) is 14.0. The second kappa shape index (κ2) is 5.41. The summed E-state index contributed by atoms with van der Waals surface area (Å²) in [5, 5.41) is 0.658. The summed E-state index contributed by atoms with van der Waals surface area (Å²) in [5.74, 6) is -0.461. The van der Waals surface area contributed by atoms with Gasteiger partial charge in [0.05, 0.1) is 11.3 Å². The Morgan fingerprint density at radius 2 is 1.95 bits per heavy atom. The van der Waals surface area contributed by atoms with Gasteiger partial charge in [0.25, 0.3) is 5.91 Å². The smallest absolute Gasteiger partial charge is 0.251 e. The summed E-state index contributed by atoms with van der Waals surface area (Å²) in [7, 11) is 0. The predicted octanol–water partition coefficient (Wildman–Crippen LogP) is 3.37. The number of halogens is 1. The number of rotatable bonds is 3. The molecule has 3 nitrogen and oxygen atoms in total. The first-order chi connectivity index (χ1) is 9.02.